The van der Waals surface area contributed by atoms with Crippen LogP contribution in [0.25, 0.3) is 0 Å². The molecule has 0 aliphatic rings. The zero-order chi connectivity index (χ0) is 54.8. The van der Waals surface area contributed by atoms with Gasteiger partial charge in [-0.15, -0.1) is 0 Å². The van der Waals surface area contributed by atoms with Crippen LogP contribution in [0.15, 0.2) is 48.5 Å². The number of rotatable bonds is 37. The standard InChI is InChI=1S/2C9H15O3Si.3C8H17.3C7H15.2Pt/c2*1-10-13(11-2,12-3)8-9-6-4-5-7-9;3*1-3-5-7-8-6-4-2;3*1-3-5-7-6-4-2;;/h2*4-7H,8H2,1-3H3;3*1,3-8H2,2H3;3*1,3-7H2,2H3;;/q8*-1;2*+4. The van der Waals surface area contributed by atoms with Crippen molar-refractivity contribution in [1.82, 2.24) is 0 Å². The van der Waals surface area contributed by atoms with Crippen LogP contribution in [0.2, 0.25) is 0 Å². The van der Waals surface area contributed by atoms with Crippen molar-refractivity contribution < 1.29 is 68.7 Å². The molecule has 0 atom stereocenters. The van der Waals surface area contributed by atoms with Crippen LogP contribution in [-0.4, -0.2) is 60.3 Å². The summed E-state index contributed by atoms with van der Waals surface area (Å²) in [6, 6.07) is 17.6. The smallest absolute Gasteiger partial charge is 0.377 e. The Morgan fingerprint density at radius 2 is 0.425 bits per heavy atom. The Balaban J connectivity index is -0.000000111. The average molecular weight is 1430 g/mol. The van der Waals surface area contributed by atoms with Gasteiger partial charge in [-0.2, -0.15) is 73.9 Å². The third-order valence-corrected chi connectivity index (χ3v) is 17.0. The Kier molecular flexibility index (Phi) is 99.8. The van der Waals surface area contributed by atoms with Crippen molar-refractivity contribution in [3.63, 3.8) is 0 Å². The van der Waals surface area contributed by atoms with E-state index in [0.717, 1.165) is 50.6 Å². The largest absolute Gasteiger partial charge is 4.00 e. The quantitative estimate of drug-likeness (QED) is 0.0382. The van der Waals surface area contributed by atoms with Gasteiger partial charge < -0.3 is 68.1 Å². The van der Waals surface area contributed by atoms with E-state index in [0.29, 0.717) is 0 Å². The Morgan fingerprint density at radius 3 is 0.562 bits per heavy atom. The van der Waals surface area contributed by atoms with Crippen molar-refractivity contribution in [2.24, 2.45) is 0 Å². The van der Waals surface area contributed by atoms with Crippen molar-refractivity contribution in [3.8, 4) is 0 Å². The van der Waals surface area contributed by atoms with Gasteiger partial charge in [0.05, 0.1) is 0 Å². The van der Waals surface area contributed by atoms with Gasteiger partial charge in [0, 0.05) is 42.7 Å². The van der Waals surface area contributed by atoms with Crippen molar-refractivity contribution in [2.45, 2.75) is 266 Å². The van der Waals surface area contributed by atoms with Gasteiger partial charge in [0.2, 0.25) is 0 Å². The number of hydrogen-bond donors (Lipinski definition) is 0. The summed E-state index contributed by atoms with van der Waals surface area (Å²) in [7, 11) is 4.92. The zero-order valence-electron chi connectivity index (χ0n) is 50.7. The first kappa shape index (κ1) is 89.8. The van der Waals surface area contributed by atoms with Gasteiger partial charge in [0.15, 0.2) is 0 Å². The summed E-state index contributed by atoms with van der Waals surface area (Å²) in [6.45, 7) is 36.0. The summed E-state index contributed by atoms with van der Waals surface area (Å²) in [4.78, 5) is 0. The van der Waals surface area contributed by atoms with Gasteiger partial charge in [-0.3, -0.25) is 0 Å². The van der Waals surface area contributed by atoms with E-state index in [2.05, 4.69) is 83.1 Å². The monoisotopic (exact) mass is 1420 g/mol. The van der Waals surface area contributed by atoms with Gasteiger partial charge >= 0.3 is 59.7 Å². The molecule has 73 heavy (non-hydrogen) atoms. The van der Waals surface area contributed by atoms with Crippen molar-refractivity contribution in [3.05, 3.63) is 101 Å². The Morgan fingerprint density at radius 1 is 0.274 bits per heavy atom. The van der Waals surface area contributed by atoms with Gasteiger partial charge in [0.25, 0.3) is 0 Å². The van der Waals surface area contributed by atoms with E-state index in [9.17, 15) is 0 Å². The fraction of sp³-hybridized carbons (Fsp3) is 0.746. The Labute approximate surface area is 492 Å². The molecule has 0 saturated carbocycles. The summed E-state index contributed by atoms with van der Waals surface area (Å²) in [5.74, 6) is 0. The first-order valence-electron chi connectivity index (χ1n) is 29.0. The van der Waals surface area contributed by atoms with Gasteiger partial charge in [-0.1, -0.05) is 215 Å². The molecule has 2 aromatic rings. The van der Waals surface area contributed by atoms with Crippen molar-refractivity contribution in [1.29, 1.82) is 0 Å². The van der Waals surface area contributed by atoms with E-state index >= 15 is 0 Å². The van der Waals surface area contributed by atoms with Crippen LogP contribution in [0.4, 0.5) is 0 Å². The third kappa shape index (κ3) is 74.4. The molecule has 442 valence electrons. The zero-order valence-corrected chi connectivity index (χ0v) is 57.2. The molecule has 6 nitrogen and oxygen atoms in total. The van der Waals surface area contributed by atoms with Crippen LogP contribution < -0.4 is 0 Å². The van der Waals surface area contributed by atoms with Crippen LogP contribution >= 0.6 is 0 Å². The molecule has 0 radical (unpaired) electrons. The first-order valence-corrected chi connectivity index (χ1v) is 32.8. The number of unbranched alkanes of at least 4 members (excludes halogenated alkanes) is 27. The number of hydrogen-bond acceptors (Lipinski definition) is 6. The molecule has 0 aliphatic carbocycles. The molecular formula is C63H126O6Pt2Si2. The fourth-order valence-corrected chi connectivity index (χ4v) is 9.99. The molecule has 0 bridgehead atoms. The maximum atomic E-state index is 5.30. The fourth-order valence-electron chi connectivity index (χ4n) is 6.65. The van der Waals surface area contributed by atoms with Crippen LogP contribution in [0.3, 0.4) is 0 Å². The van der Waals surface area contributed by atoms with E-state index in [-0.39, 0.29) is 42.1 Å². The predicted octanol–water partition coefficient (Wildman–Crippen LogP) is 20.6. The molecule has 0 saturated heterocycles. The summed E-state index contributed by atoms with van der Waals surface area (Å²) in [5.41, 5.74) is 2.38. The molecule has 0 fully saturated rings. The maximum Gasteiger partial charge on any atom is 4.00 e. The maximum absolute atomic E-state index is 5.30. The van der Waals surface area contributed by atoms with E-state index in [4.69, 9.17) is 26.6 Å². The van der Waals surface area contributed by atoms with Crippen LogP contribution in [-0.2, 0) is 80.8 Å². The molecule has 0 N–H and O–H groups in total. The first-order chi connectivity index (χ1) is 34.5. The second kappa shape index (κ2) is 81.1. The minimum absolute atomic E-state index is 0. The van der Waals surface area contributed by atoms with Crippen LogP contribution in [0.1, 0.15) is 265 Å². The summed E-state index contributed by atoms with van der Waals surface area (Å²) < 4.78 is 31.8. The topological polar surface area (TPSA) is 55.4 Å². The average Bonchev–Trinajstić information content (AvgIpc) is 4.14. The van der Waals surface area contributed by atoms with E-state index < -0.39 is 17.6 Å². The van der Waals surface area contributed by atoms with Crippen molar-refractivity contribution >= 4 is 17.6 Å². The molecular weight excluding hydrogens is 1300 g/mol. The summed E-state index contributed by atoms with van der Waals surface area (Å²) >= 11 is 0. The Hall–Kier alpha value is 0.270. The van der Waals surface area contributed by atoms with E-state index in [1.807, 2.05) is 48.5 Å². The summed E-state index contributed by atoms with van der Waals surface area (Å²) in [5, 5.41) is 0. The summed E-state index contributed by atoms with van der Waals surface area (Å²) in [6.07, 6.45) is 43.5. The van der Waals surface area contributed by atoms with Crippen LogP contribution in [0, 0.1) is 41.5 Å². The van der Waals surface area contributed by atoms with Gasteiger partial charge in [0.1, 0.15) is 0 Å². The molecule has 10 heteroatoms. The normalized spacial score (nSPS) is 10.2. The second-order valence-corrected chi connectivity index (χ2v) is 24.0. The third-order valence-electron chi connectivity index (χ3n) is 11.5. The Bertz CT molecular complexity index is 935. The molecule has 0 heterocycles. The molecule has 2 aromatic carbocycles. The second-order valence-electron chi connectivity index (χ2n) is 18.1. The minimum atomic E-state index is -2.42. The van der Waals surface area contributed by atoms with Gasteiger partial charge in [-0.05, 0) is 12.1 Å². The van der Waals surface area contributed by atoms with Crippen LogP contribution in [0.5, 0.6) is 0 Å². The van der Waals surface area contributed by atoms with Crippen molar-refractivity contribution in [2.75, 3.05) is 42.7 Å². The van der Waals surface area contributed by atoms with Gasteiger partial charge in [-0.25, -0.2) is 24.3 Å². The molecule has 2 rings (SSSR count). The molecule has 0 unspecified atom stereocenters. The van der Waals surface area contributed by atoms with E-state index in [1.54, 1.807) is 42.7 Å². The molecule has 0 aromatic heterocycles. The molecule has 0 aliphatic heterocycles. The minimum Gasteiger partial charge on any atom is -0.377 e. The molecule has 0 spiro atoms. The molecule has 0 amide bonds. The van der Waals surface area contributed by atoms with E-state index in [1.165, 1.54) is 184 Å². The predicted molar refractivity (Wildman–Crippen MR) is 324 cm³/mol. The SMILES string of the molecule is CO[Si](C[c-]1cccc1)(OC)OC.CO[Si](C[c-]1cccc1)(OC)OC.[CH2-]CCCCCC.[CH2-]CCCCCC.[CH2-]CCCCCC.[CH2-]CCCCCCC.[CH2-]CCCCCCC.[CH2-]CCCCCCC.[Pt+4].[Pt+4].